The molecular formula is C19H23NO6. The van der Waals surface area contributed by atoms with Crippen LogP contribution in [-0.4, -0.2) is 39.9 Å². The average Bonchev–Trinajstić information content (AvgIpc) is 2.62. The van der Waals surface area contributed by atoms with Crippen LogP contribution in [0.1, 0.15) is 18.1 Å². The van der Waals surface area contributed by atoms with E-state index in [9.17, 15) is 5.11 Å². The molecule has 7 nitrogen and oxygen atoms in total. The first-order valence-electron chi connectivity index (χ1n) is 7.99. The molecule has 0 saturated heterocycles. The van der Waals surface area contributed by atoms with Gasteiger partial charge in [-0.25, -0.2) is 9.59 Å². The van der Waals surface area contributed by atoms with E-state index < -0.39 is 11.9 Å². The highest BCUT2D eigenvalue weighted by molar-refractivity contribution is 6.27. The molecule has 4 N–H and O–H groups in total. The molecular weight excluding hydrogens is 338 g/mol. The highest BCUT2D eigenvalue weighted by Crippen LogP contribution is 2.14. The highest BCUT2D eigenvalue weighted by atomic mass is 16.5. The van der Waals surface area contributed by atoms with Crippen LogP contribution < -0.4 is 10.1 Å². The smallest absolute Gasteiger partial charge is 0.414 e. The average molecular weight is 361 g/mol. The summed E-state index contributed by atoms with van der Waals surface area (Å²) < 4.78 is 5.73. The van der Waals surface area contributed by atoms with Crippen molar-refractivity contribution in [1.82, 2.24) is 5.32 Å². The van der Waals surface area contributed by atoms with Gasteiger partial charge >= 0.3 is 11.9 Å². The van der Waals surface area contributed by atoms with Gasteiger partial charge < -0.3 is 25.4 Å². The monoisotopic (exact) mass is 361 g/mol. The minimum Gasteiger partial charge on any atom is -0.489 e. The van der Waals surface area contributed by atoms with Gasteiger partial charge in [-0.1, -0.05) is 42.5 Å². The Morgan fingerprint density at radius 3 is 2.04 bits per heavy atom. The number of carboxylic acid groups (broad SMARTS) is 2. The molecule has 0 bridgehead atoms. The minimum atomic E-state index is -1.82. The Labute approximate surface area is 151 Å². The van der Waals surface area contributed by atoms with Crippen molar-refractivity contribution in [2.75, 3.05) is 6.54 Å². The zero-order chi connectivity index (χ0) is 19.4. The molecule has 1 unspecified atom stereocenters. The number of rotatable bonds is 7. The van der Waals surface area contributed by atoms with Gasteiger partial charge in [0.15, 0.2) is 0 Å². The van der Waals surface area contributed by atoms with Crippen LogP contribution in [0.25, 0.3) is 0 Å². The lowest BCUT2D eigenvalue weighted by Crippen LogP contribution is -2.23. The molecule has 7 heteroatoms. The summed E-state index contributed by atoms with van der Waals surface area (Å²) in [7, 11) is 0. The second-order valence-corrected chi connectivity index (χ2v) is 5.51. The van der Waals surface area contributed by atoms with Crippen LogP contribution in [-0.2, 0) is 22.7 Å². The lowest BCUT2D eigenvalue weighted by atomic mass is 10.2. The molecule has 1 atom stereocenters. The second kappa shape index (κ2) is 11.6. The van der Waals surface area contributed by atoms with Crippen molar-refractivity contribution in [3.63, 3.8) is 0 Å². The van der Waals surface area contributed by atoms with Crippen molar-refractivity contribution >= 4 is 11.9 Å². The Bertz CT molecular complexity index is 658. The summed E-state index contributed by atoms with van der Waals surface area (Å²) >= 11 is 0. The fourth-order valence-corrected chi connectivity index (χ4v) is 1.87. The fourth-order valence-electron chi connectivity index (χ4n) is 1.87. The summed E-state index contributed by atoms with van der Waals surface area (Å²) in [4.78, 5) is 18.2. The first-order chi connectivity index (χ1) is 12.4. The number of hydrogen-bond donors (Lipinski definition) is 4. The molecule has 0 heterocycles. The third-order valence-corrected chi connectivity index (χ3v) is 3.12. The van der Waals surface area contributed by atoms with Gasteiger partial charge in [0, 0.05) is 13.1 Å². The number of nitrogens with one attached hydrogen (secondary N) is 1. The van der Waals surface area contributed by atoms with Gasteiger partial charge in [-0.2, -0.15) is 0 Å². The maximum Gasteiger partial charge on any atom is 0.414 e. The van der Waals surface area contributed by atoms with E-state index in [0.717, 1.165) is 17.9 Å². The van der Waals surface area contributed by atoms with E-state index in [-0.39, 0.29) is 6.10 Å². The van der Waals surface area contributed by atoms with Crippen molar-refractivity contribution < 1.29 is 29.6 Å². The molecule has 140 valence electrons. The summed E-state index contributed by atoms with van der Waals surface area (Å²) in [6.07, 6.45) is -0.316. The quantitative estimate of drug-likeness (QED) is 0.557. The molecule has 0 fully saturated rings. The summed E-state index contributed by atoms with van der Waals surface area (Å²) in [5.41, 5.74) is 2.34. The van der Waals surface area contributed by atoms with E-state index in [4.69, 9.17) is 24.5 Å². The Kier molecular flexibility index (Phi) is 9.45. The molecule has 0 aliphatic carbocycles. The number of carboxylic acids is 2. The van der Waals surface area contributed by atoms with Crippen molar-refractivity contribution in [1.29, 1.82) is 0 Å². The second-order valence-electron chi connectivity index (χ2n) is 5.51. The van der Waals surface area contributed by atoms with Gasteiger partial charge in [0.25, 0.3) is 0 Å². The fraction of sp³-hybridized carbons (Fsp3) is 0.263. The molecule has 0 amide bonds. The Morgan fingerprint density at radius 1 is 0.962 bits per heavy atom. The molecule has 0 aromatic heterocycles. The number of benzene rings is 2. The minimum absolute atomic E-state index is 0.316. The molecule has 0 radical (unpaired) electrons. The lowest BCUT2D eigenvalue weighted by molar-refractivity contribution is -0.159. The molecule has 2 aromatic carbocycles. The largest absolute Gasteiger partial charge is 0.489 e. The van der Waals surface area contributed by atoms with Crippen LogP contribution in [0, 0.1) is 0 Å². The van der Waals surface area contributed by atoms with Gasteiger partial charge in [-0.05, 0) is 30.2 Å². The number of aliphatic hydroxyl groups excluding tert-OH is 1. The number of aliphatic hydroxyl groups is 1. The maximum absolute atomic E-state index is 9.17. The van der Waals surface area contributed by atoms with Gasteiger partial charge in [0.2, 0.25) is 0 Å². The first-order valence-corrected chi connectivity index (χ1v) is 7.99. The summed E-state index contributed by atoms with van der Waals surface area (Å²) in [5.74, 6) is -2.78. The molecule has 0 spiro atoms. The molecule has 0 aliphatic rings. The topological polar surface area (TPSA) is 116 Å². The van der Waals surface area contributed by atoms with E-state index in [1.165, 1.54) is 5.56 Å². The normalized spacial score (nSPS) is 11.0. The van der Waals surface area contributed by atoms with Crippen molar-refractivity contribution in [2.45, 2.75) is 26.2 Å². The van der Waals surface area contributed by atoms with Crippen molar-refractivity contribution in [2.24, 2.45) is 0 Å². The van der Waals surface area contributed by atoms with Gasteiger partial charge in [-0.15, -0.1) is 0 Å². The highest BCUT2D eigenvalue weighted by Gasteiger charge is 2.04. The zero-order valence-electron chi connectivity index (χ0n) is 14.5. The van der Waals surface area contributed by atoms with Crippen LogP contribution in [0.2, 0.25) is 0 Å². The summed E-state index contributed by atoms with van der Waals surface area (Å²) in [5, 5.41) is 27.1. The standard InChI is InChI=1S/C17H21NO2.C2H2O4/c1-14(19)11-18-12-15-7-9-17(10-8-15)20-13-16-5-3-2-4-6-16;3-1(4)2(5)6/h2-10,14,18-19H,11-13H2,1H3;(H,3,4)(H,5,6). The van der Waals surface area contributed by atoms with E-state index in [1.54, 1.807) is 6.92 Å². The van der Waals surface area contributed by atoms with Crippen LogP contribution in [0.15, 0.2) is 54.6 Å². The van der Waals surface area contributed by atoms with E-state index in [0.29, 0.717) is 13.2 Å². The van der Waals surface area contributed by atoms with Gasteiger partial charge in [0.05, 0.1) is 6.10 Å². The molecule has 2 rings (SSSR count). The Morgan fingerprint density at radius 2 is 1.54 bits per heavy atom. The van der Waals surface area contributed by atoms with E-state index in [1.807, 2.05) is 54.6 Å². The summed E-state index contributed by atoms with van der Waals surface area (Å²) in [6.45, 7) is 3.71. The first kappa shape index (κ1) is 21.1. The van der Waals surface area contributed by atoms with Crippen LogP contribution in [0.5, 0.6) is 5.75 Å². The van der Waals surface area contributed by atoms with E-state index in [2.05, 4.69) is 5.32 Å². The van der Waals surface area contributed by atoms with Gasteiger partial charge in [0.1, 0.15) is 12.4 Å². The van der Waals surface area contributed by atoms with E-state index >= 15 is 0 Å². The Hall–Kier alpha value is -2.90. The number of aliphatic carboxylic acids is 2. The molecule has 26 heavy (non-hydrogen) atoms. The molecule has 0 aliphatic heterocycles. The Balaban J connectivity index is 0.000000487. The number of ether oxygens (including phenoxy) is 1. The molecule has 0 saturated carbocycles. The third-order valence-electron chi connectivity index (χ3n) is 3.12. The molecule has 2 aromatic rings. The third kappa shape index (κ3) is 9.41. The predicted octanol–water partition coefficient (Wildman–Crippen LogP) is 1.89. The predicted molar refractivity (Wildman–Crippen MR) is 95.9 cm³/mol. The van der Waals surface area contributed by atoms with Gasteiger partial charge in [-0.3, -0.25) is 0 Å². The zero-order valence-corrected chi connectivity index (χ0v) is 14.5. The number of carbonyl (C=O) groups is 2. The van der Waals surface area contributed by atoms with Crippen molar-refractivity contribution in [3.8, 4) is 5.75 Å². The SMILES string of the molecule is CC(O)CNCc1ccc(OCc2ccccc2)cc1.O=C(O)C(=O)O. The van der Waals surface area contributed by atoms with Crippen LogP contribution in [0.3, 0.4) is 0 Å². The van der Waals surface area contributed by atoms with Crippen LogP contribution >= 0.6 is 0 Å². The van der Waals surface area contributed by atoms with Crippen molar-refractivity contribution in [3.05, 3.63) is 65.7 Å². The number of hydrogen-bond acceptors (Lipinski definition) is 5. The van der Waals surface area contributed by atoms with Crippen LogP contribution in [0.4, 0.5) is 0 Å². The summed E-state index contributed by atoms with van der Waals surface area (Å²) in [6, 6.07) is 18.1. The maximum atomic E-state index is 9.17. The lowest BCUT2D eigenvalue weighted by Gasteiger charge is -2.09.